The highest BCUT2D eigenvalue weighted by Gasteiger charge is 2.21. The Morgan fingerprint density at radius 3 is 2.15 bits per heavy atom. The maximum atomic E-state index is 12.4. The Labute approximate surface area is 160 Å². The third kappa shape index (κ3) is 7.81. The summed E-state index contributed by atoms with van der Waals surface area (Å²) >= 11 is 0. The topological polar surface area (TPSA) is 101 Å². The molecule has 0 aliphatic carbocycles. The van der Waals surface area contributed by atoms with Gasteiger partial charge in [-0.25, -0.2) is 14.4 Å². The summed E-state index contributed by atoms with van der Waals surface area (Å²) in [5.74, 6) is -3.06. The number of rotatable bonds is 13. The van der Waals surface area contributed by atoms with Gasteiger partial charge in [0, 0.05) is 0 Å². The monoisotopic (exact) mass is 378 g/mol. The third-order valence-electron chi connectivity index (χ3n) is 4.60. The minimum atomic E-state index is -1.29. The van der Waals surface area contributed by atoms with Gasteiger partial charge in [-0.2, -0.15) is 0 Å². The molecule has 6 nitrogen and oxygen atoms in total. The Bertz CT molecular complexity index is 638. The number of unbranched alkanes of at least 4 members (excludes halogenated alkanes) is 4. The molecule has 1 unspecified atom stereocenters. The molecule has 2 N–H and O–H groups in total. The van der Waals surface area contributed by atoms with Crippen LogP contribution in [0.2, 0.25) is 0 Å². The number of benzene rings is 1. The smallest absolute Gasteiger partial charge is 0.339 e. The predicted octanol–water partition coefficient (Wildman–Crippen LogP) is 5.02. The van der Waals surface area contributed by atoms with E-state index in [4.69, 9.17) is 9.84 Å². The molecule has 1 rings (SSSR count). The average Bonchev–Trinajstić information content (AvgIpc) is 2.65. The van der Waals surface area contributed by atoms with E-state index in [-0.39, 0.29) is 29.2 Å². The van der Waals surface area contributed by atoms with Crippen molar-refractivity contribution in [2.24, 2.45) is 5.92 Å². The highest BCUT2D eigenvalue weighted by atomic mass is 16.5. The Kier molecular flexibility index (Phi) is 10.2. The second-order valence-electron chi connectivity index (χ2n) is 6.83. The largest absolute Gasteiger partial charge is 0.478 e. The minimum absolute atomic E-state index is 0.144. The fourth-order valence-corrected chi connectivity index (χ4v) is 2.97. The molecule has 0 aliphatic heterocycles. The van der Waals surface area contributed by atoms with Crippen molar-refractivity contribution in [2.45, 2.75) is 65.2 Å². The van der Waals surface area contributed by atoms with Crippen LogP contribution in [0, 0.1) is 5.92 Å². The average molecular weight is 378 g/mol. The summed E-state index contributed by atoms with van der Waals surface area (Å²) in [4.78, 5) is 34.9. The van der Waals surface area contributed by atoms with Crippen molar-refractivity contribution >= 4 is 17.9 Å². The van der Waals surface area contributed by atoms with Crippen LogP contribution in [0.3, 0.4) is 0 Å². The van der Waals surface area contributed by atoms with Crippen LogP contribution >= 0.6 is 0 Å². The first-order valence-electron chi connectivity index (χ1n) is 9.68. The van der Waals surface area contributed by atoms with Crippen molar-refractivity contribution in [3.05, 3.63) is 34.9 Å². The number of hydrogen-bond donors (Lipinski definition) is 2. The summed E-state index contributed by atoms with van der Waals surface area (Å²) < 4.78 is 5.37. The van der Waals surface area contributed by atoms with Gasteiger partial charge in [0.1, 0.15) is 0 Å². The molecule has 1 aromatic carbocycles. The first-order chi connectivity index (χ1) is 12.9. The van der Waals surface area contributed by atoms with Gasteiger partial charge >= 0.3 is 17.9 Å². The molecular formula is C21H30O6. The molecule has 6 heteroatoms. The van der Waals surface area contributed by atoms with Crippen LogP contribution in [0.25, 0.3) is 0 Å². The molecule has 0 radical (unpaired) electrons. The number of carboxylic acid groups (broad SMARTS) is 2. The Hall–Kier alpha value is -2.37. The summed E-state index contributed by atoms with van der Waals surface area (Å²) in [6, 6.07) is 3.36. The number of aromatic carboxylic acids is 2. The van der Waals surface area contributed by atoms with Crippen molar-refractivity contribution in [3.63, 3.8) is 0 Å². The summed E-state index contributed by atoms with van der Waals surface area (Å²) in [5.41, 5.74) is -0.616. The maximum absolute atomic E-state index is 12.4. The fraction of sp³-hybridized carbons (Fsp3) is 0.571. The molecular weight excluding hydrogens is 348 g/mol. The summed E-state index contributed by atoms with van der Waals surface area (Å²) in [7, 11) is 0. The lowest BCUT2D eigenvalue weighted by Crippen LogP contribution is -2.18. The Balaban J connectivity index is 2.80. The van der Waals surface area contributed by atoms with Crippen molar-refractivity contribution in [2.75, 3.05) is 6.61 Å². The van der Waals surface area contributed by atoms with Gasteiger partial charge in [-0.05, 0) is 37.0 Å². The minimum Gasteiger partial charge on any atom is -0.478 e. The van der Waals surface area contributed by atoms with Crippen molar-refractivity contribution in [1.29, 1.82) is 0 Å². The lowest BCUT2D eigenvalue weighted by Gasteiger charge is -2.17. The van der Waals surface area contributed by atoms with Gasteiger partial charge < -0.3 is 14.9 Å². The summed E-state index contributed by atoms with van der Waals surface area (Å²) in [5, 5.41) is 18.3. The van der Waals surface area contributed by atoms with E-state index in [2.05, 4.69) is 13.8 Å². The number of esters is 1. The second kappa shape index (κ2) is 12.1. The van der Waals surface area contributed by atoms with E-state index in [1.807, 2.05) is 0 Å². The zero-order valence-electron chi connectivity index (χ0n) is 16.2. The lowest BCUT2D eigenvalue weighted by atomic mass is 9.96. The van der Waals surface area contributed by atoms with E-state index in [1.165, 1.54) is 12.5 Å². The van der Waals surface area contributed by atoms with Crippen LogP contribution in [-0.2, 0) is 4.74 Å². The molecule has 1 aromatic rings. The van der Waals surface area contributed by atoms with Gasteiger partial charge in [-0.15, -0.1) is 0 Å². The fourth-order valence-electron chi connectivity index (χ4n) is 2.97. The molecule has 0 bridgehead atoms. The molecule has 0 aliphatic rings. The van der Waals surface area contributed by atoms with Crippen molar-refractivity contribution < 1.29 is 29.3 Å². The van der Waals surface area contributed by atoms with Crippen LogP contribution in [0.4, 0.5) is 0 Å². The van der Waals surface area contributed by atoms with E-state index in [0.717, 1.165) is 57.1 Å². The first-order valence-corrected chi connectivity index (χ1v) is 9.68. The Morgan fingerprint density at radius 2 is 1.56 bits per heavy atom. The SMILES string of the molecule is CCCCCCC(CCCC)COC(=O)c1cc(C(=O)O)ccc1C(=O)O. The van der Waals surface area contributed by atoms with Gasteiger partial charge in [0.05, 0.1) is 23.3 Å². The van der Waals surface area contributed by atoms with Gasteiger partial charge in [0.15, 0.2) is 0 Å². The van der Waals surface area contributed by atoms with Gasteiger partial charge in [-0.1, -0.05) is 52.4 Å². The van der Waals surface area contributed by atoms with Crippen LogP contribution < -0.4 is 0 Å². The second-order valence-corrected chi connectivity index (χ2v) is 6.83. The number of carbonyl (C=O) groups is 3. The predicted molar refractivity (Wildman–Crippen MR) is 102 cm³/mol. The zero-order chi connectivity index (χ0) is 20.2. The van der Waals surface area contributed by atoms with Crippen molar-refractivity contribution in [3.8, 4) is 0 Å². The molecule has 0 spiro atoms. The maximum Gasteiger partial charge on any atom is 0.339 e. The highest BCUT2D eigenvalue weighted by Crippen LogP contribution is 2.20. The molecule has 0 saturated carbocycles. The number of carbonyl (C=O) groups excluding carboxylic acids is 1. The molecule has 0 fully saturated rings. The van der Waals surface area contributed by atoms with Crippen molar-refractivity contribution in [1.82, 2.24) is 0 Å². The molecule has 0 aromatic heterocycles. The molecule has 150 valence electrons. The molecule has 27 heavy (non-hydrogen) atoms. The zero-order valence-corrected chi connectivity index (χ0v) is 16.2. The first kappa shape index (κ1) is 22.7. The quantitative estimate of drug-likeness (QED) is 0.369. The molecule has 0 amide bonds. The van der Waals surface area contributed by atoms with E-state index in [9.17, 15) is 19.5 Å². The van der Waals surface area contributed by atoms with Gasteiger partial charge in [0.2, 0.25) is 0 Å². The van der Waals surface area contributed by atoms with E-state index in [0.29, 0.717) is 0 Å². The number of hydrogen-bond acceptors (Lipinski definition) is 4. The normalized spacial score (nSPS) is 11.8. The molecule has 0 saturated heterocycles. The number of carboxylic acids is 2. The van der Waals surface area contributed by atoms with Crippen LogP contribution in [-0.4, -0.2) is 34.7 Å². The lowest BCUT2D eigenvalue weighted by molar-refractivity contribution is 0.0415. The molecule has 0 heterocycles. The van der Waals surface area contributed by atoms with Crippen LogP contribution in [0.1, 0.15) is 96.3 Å². The highest BCUT2D eigenvalue weighted by molar-refractivity contribution is 6.04. The molecule has 1 atom stereocenters. The van der Waals surface area contributed by atoms with E-state index < -0.39 is 17.9 Å². The Morgan fingerprint density at radius 1 is 0.889 bits per heavy atom. The third-order valence-corrected chi connectivity index (χ3v) is 4.60. The number of ether oxygens (including phenoxy) is 1. The van der Waals surface area contributed by atoms with Crippen LogP contribution in [0.15, 0.2) is 18.2 Å². The van der Waals surface area contributed by atoms with Gasteiger partial charge in [0.25, 0.3) is 0 Å². The van der Waals surface area contributed by atoms with E-state index >= 15 is 0 Å². The van der Waals surface area contributed by atoms with Gasteiger partial charge in [-0.3, -0.25) is 0 Å². The summed E-state index contributed by atoms with van der Waals surface area (Å²) in [6.45, 7) is 4.49. The summed E-state index contributed by atoms with van der Waals surface area (Å²) in [6.07, 6.45) is 8.60. The van der Waals surface area contributed by atoms with Crippen LogP contribution in [0.5, 0.6) is 0 Å². The van der Waals surface area contributed by atoms with E-state index in [1.54, 1.807) is 0 Å². The standard InChI is InChI=1S/C21H30O6/c1-3-5-7-8-10-15(9-6-4-2)14-27-21(26)18-13-16(19(22)23)11-12-17(18)20(24)25/h11-13,15H,3-10,14H2,1-2H3,(H,22,23)(H,24,25).